The van der Waals surface area contributed by atoms with Crippen LogP contribution in [0.25, 0.3) is 0 Å². The number of hydrogen-bond acceptors (Lipinski definition) is 6. The van der Waals surface area contributed by atoms with Crippen molar-refractivity contribution in [3.63, 3.8) is 0 Å². The van der Waals surface area contributed by atoms with E-state index in [1.807, 2.05) is 25.7 Å². The van der Waals surface area contributed by atoms with E-state index in [1.54, 1.807) is 0 Å². The van der Waals surface area contributed by atoms with Crippen LogP contribution in [-0.2, 0) is 12.8 Å². The van der Waals surface area contributed by atoms with E-state index in [1.165, 1.54) is 17.7 Å². The zero-order chi connectivity index (χ0) is 18.7. The molecular formula is C20H25N5O2. The van der Waals surface area contributed by atoms with Crippen LogP contribution < -0.4 is 4.90 Å². The second-order valence-corrected chi connectivity index (χ2v) is 8.21. The highest BCUT2D eigenvalue weighted by molar-refractivity contribution is 5.96. The fraction of sp³-hybridized carbons (Fsp3) is 0.600. The number of nitrogens with zero attached hydrogens (tertiary/aromatic N) is 5. The Labute approximate surface area is 158 Å². The van der Waals surface area contributed by atoms with Crippen molar-refractivity contribution < 1.29 is 9.32 Å². The Morgan fingerprint density at radius 1 is 1.04 bits per heavy atom. The molecule has 27 heavy (non-hydrogen) atoms. The van der Waals surface area contributed by atoms with Gasteiger partial charge in [-0.05, 0) is 40.0 Å². The van der Waals surface area contributed by atoms with Gasteiger partial charge in [-0.1, -0.05) is 5.16 Å². The average molecular weight is 367 g/mol. The maximum Gasteiger partial charge on any atom is 0.259 e. The number of aryl methyl sites for hydroxylation is 4. The summed E-state index contributed by atoms with van der Waals surface area (Å²) in [5, 5.41) is 3.93. The first-order chi connectivity index (χ1) is 13.0. The van der Waals surface area contributed by atoms with Crippen LogP contribution >= 0.6 is 0 Å². The molecule has 2 aliphatic heterocycles. The van der Waals surface area contributed by atoms with Gasteiger partial charge in [-0.3, -0.25) is 4.79 Å². The molecule has 0 N–H and O–H groups in total. The van der Waals surface area contributed by atoms with Gasteiger partial charge in [-0.2, -0.15) is 0 Å². The molecule has 7 nitrogen and oxygen atoms in total. The predicted octanol–water partition coefficient (Wildman–Crippen LogP) is 2.09. The Balaban J connectivity index is 1.33. The van der Waals surface area contributed by atoms with Crippen molar-refractivity contribution >= 4 is 11.7 Å². The molecule has 1 amide bonds. The third-order valence-corrected chi connectivity index (χ3v) is 6.34. The number of likely N-dealkylation sites (tertiary alicyclic amines) is 1. The van der Waals surface area contributed by atoms with E-state index in [0.29, 0.717) is 28.9 Å². The smallest absolute Gasteiger partial charge is 0.259 e. The monoisotopic (exact) mass is 367 g/mol. The largest absolute Gasteiger partial charge is 0.361 e. The first-order valence-corrected chi connectivity index (χ1v) is 9.84. The van der Waals surface area contributed by atoms with E-state index in [0.717, 1.165) is 50.7 Å². The van der Waals surface area contributed by atoms with E-state index < -0.39 is 0 Å². The Hall–Kier alpha value is -2.44. The molecule has 142 valence electrons. The van der Waals surface area contributed by atoms with Crippen LogP contribution in [0.15, 0.2) is 4.52 Å². The van der Waals surface area contributed by atoms with Crippen molar-refractivity contribution in [2.75, 3.05) is 31.1 Å². The zero-order valence-corrected chi connectivity index (χ0v) is 16.2. The van der Waals surface area contributed by atoms with Gasteiger partial charge in [0, 0.05) is 49.3 Å². The molecule has 0 spiro atoms. The summed E-state index contributed by atoms with van der Waals surface area (Å²) in [6, 6.07) is 0. The predicted molar refractivity (Wildman–Crippen MR) is 99.9 cm³/mol. The van der Waals surface area contributed by atoms with E-state index >= 15 is 0 Å². The first kappa shape index (κ1) is 16.7. The molecule has 7 heteroatoms. The first-order valence-electron chi connectivity index (χ1n) is 9.84. The molecule has 2 fully saturated rings. The van der Waals surface area contributed by atoms with Gasteiger partial charge in [0.05, 0.1) is 5.69 Å². The summed E-state index contributed by atoms with van der Waals surface area (Å²) in [6.07, 6.45) is 3.35. The van der Waals surface area contributed by atoms with Crippen LogP contribution in [0.5, 0.6) is 0 Å². The number of carbonyl (C=O) groups excluding carboxylic acids is 1. The maximum absolute atomic E-state index is 12.9. The summed E-state index contributed by atoms with van der Waals surface area (Å²) in [4.78, 5) is 26.8. The Kier molecular flexibility index (Phi) is 3.74. The average Bonchev–Trinajstić information content (AvgIpc) is 3.36. The normalized spacial score (nSPS) is 23.8. The number of amides is 1. The molecule has 2 saturated heterocycles. The van der Waals surface area contributed by atoms with Gasteiger partial charge in [-0.25, -0.2) is 9.97 Å². The van der Waals surface area contributed by atoms with Gasteiger partial charge in [0.15, 0.2) is 0 Å². The second-order valence-electron chi connectivity index (χ2n) is 8.21. The molecular weight excluding hydrogens is 342 g/mol. The van der Waals surface area contributed by atoms with E-state index in [4.69, 9.17) is 9.51 Å². The fourth-order valence-electron chi connectivity index (χ4n) is 5.07. The number of rotatable bonds is 2. The molecule has 0 radical (unpaired) electrons. The van der Waals surface area contributed by atoms with Gasteiger partial charge < -0.3 is 14.3 Å². The van der Waals surface area contributed by atoms with Crippen LogP contribution in [0.1, 0.15) is 45.3 Å². The number of fused-ring (bicyclic) bond motifs is 2. The SMILES string of the molecule is Cc1nc2c(c(N3CC4CN(C(=O)c5c(C)noc5C)CC4C3)n1)CCC2. The van der Waals surface area contributed by atoms with Crippen molar-refractivity contribution in [3.05, 3.63) is 34.1 Å². The van der Waals surface area contributed by atoms with Gasteiger partial charge in [-0.15, -0.1) is 0 Å². The molecule has 1 aliphatic carbocycles. The molecule has 0 bridgehead atoms. The van der Waals surface area contributed by atoms with Crippen LogP contribution in [0.4, 0.5) is 5.82 Å². The summed E-state index contributed by atoms with van der Waals surface area (Å²) in [7, 11) is 0. The lowest BCUT2D eigenvalue weighted by atomic mass is 10.0. The third kappa shape index (κ3) is 2.63. The minimum atomic E-state index is 0.0611. The second kappa shape index (κ2) is 6.04. The molecule has 3 aliphatic rings. The molecule has 5 rings (SSSR count). The molecule has 2 aromatic heterocycles. The Bertz CT molecular complexity index is 888. The number of anilines is 1. The standard InChI is InChI=1S/C20H25N5O2/c1-11-18(12(2)27-23-11)20(26)25-9-14-7-24(8-15(14)10-25)19-16-5-4-6-17(16)21-13(3)22-19/h14-15H,4-10H2,1-3H3. The fourth-order valence-corrected chi connectivity index (χ4v) is 5.07. The van der Waals surface area contributed by atoms with Gasteiger partial charge in [0.25, 0.3) is 5.91 Å². The van der Waals surface area contributed by atoms with Crippen molar-refractivity contribution in [2.24, 2.45) is 11.8 Å². The van der Waals surface area contributed by atoms with Gasteiger partial charge >= 0.3 is 0 Å². The highest BCUT2D eigenvalue weighted by Crippen LogP contribution is 2.37. The molecule has 2 atom stereocenters. The van der Waals surface area contributed by atoms with Crippen LogP contribution in [0.3, 0.4) is 0 Å². The number of hydrogen-bond donors (Lipinski definition) is 0. The topological polar surface area (TPSA) is 75.4 Å². The summed E-state index contributed by atoms with van der Waals surface area (Å²) < 4.78 is 5.18. The molecule has 4 heterocycles. The van der Waals surface area contributed by atoms with Crippen LogP contribution in [0.2, 0.25) is 0 Å². The van der Waals surface area contributed by atoms with Crippen molar-refractivity contribution in [1.29, 1.82) is 0 Å². The van der Waals surface area contributed by atoms with Gasteiger partial charge in [0.1, 0.15) is 23.0 Å². The maximum atomic E-state index is 12.9. The molecule has 0 saturated carbocycles. The number of aromatic nitrogens is 3. The van der Waals surface area contributed by atoms with Gasteiger partial charge in [0.2, 0.25) is 0 Å². The van der Waals surface area contributed by atoms with Crippen LogP contribution in [0, 0.1) is 32.6 Å². The molecule has 2 aromatic rings. The lowest BCUT2D eigenvalue weighted by Gasteiger charge is -2.24. The van der Waals surface area contributed by atoms with E-state index in [-0.39, 0.29) is 5.91 Å². The van der Waals surface area contributed by atoms with Crippen LogP contribution in [-0.4, -0.2) is 52.1 Å². The van der Waals surface area contributed by atoms with E-state index in [2.05, 4.69) is 15.0 Å². The Morgan fingerprint density at radius 2 is 1.78 bits per heavy atom. The summed E-state index contributed by atoms with van der Waals surface area (Å²) in [5.41, 5.74) is 3.91. The highest BCUT2D eigenvalue weighted by Gasteiger charge is 2.43. The van der Waals surface area contributed by atoms with Crippen molar-refractivity contribution in [3.8, 4) is 0 Å². The number of carbonyl (C=O) groups is 1. The Morgan fingerprint density at radius 3 is 2.44 bits per heavy atom. The minimum Gasteiger partial charge on any atom is -0.361 e. The summed E-state index contributed by atoms with van der Waals surface area (Å²) in [5.74, 6) is 3.70. The van der Waals surface area contributed by atoms with Crippen molar-refractivity contribution in [2.45, 2.75) is 40.0 Å². The van der Waals surface area contributed by atoms with Crippen molar-refractivity contribution in [1.82, 2.24) is 20.0 Å². The third-order valence-electron chi connectivity index (χ3n) is 6.34. The lowest BCUT2D eigenvalue weighted by Crippen LogP contribution is -2.34. The zero-order valence-electron chi connectivity index (χ0n) is 16.2. The molecule has 2 unspecified atom stereocenters. The lowest BCUT2D eigenvalue weighted by molar-refractivity contribution is 0.0780. The highest BCUT2D eigenvalue weighted by atomic mass is 16.5. The molecule has 0 aromatic carbocycles. The quantitative estimate of drug-likeness (QED) is 0.809. The minimum absolute atomic E-state index is 0.0611. The summed E-state index contributed by atoms with van der Waals surface area (Å²) in [6.45, 7) is 9.18. The summed E-state index contributed by atoms with van der Waals surface area (Å²) >= 11 is 0. The van der Waals surface area contributed by atoms with E-state index in [9.17, 15) is 4.79 Å².